The van der Waals surface area contributed by atoms with Crippen molar-refractivity contribution in [2.24, 2.45) is 5.92 Å². The second kappa shape index (κ2) is 11.7. The number of rotatable bonds is 8. The largest absolute Gasteiger partial charge is 0.468 e. The maximum absolute atomic E-state index is 13.4. The van der Waals surface area contributed by atoms with Crippen LogP contribution in [0.4, 0.5) is 0 Å². The Morgan fingerprint density at radius 3 is 1.77 bits per heavy atom. The number of para-hydroxylation sites is 2. The number of hydrogen-bond acceptors (Lipinski definition) is 7. The van der Waals surface area contributed by atoms with Crippen LogP contribution in [0.15, 0.2) is 109 Å². The van der Waals surface area contributed by atoms with Crippen LogP contribution in [0.1, 0.15) is 23.1 Å². The van der Waals surface area contributed by atoms with Crippen LogP contribution in [0.3, 0.4) is 0 Å². The van der Waals surface area contributed by atoms with E-state index in [0.29, 0.717) is 34.1 Å². The van der Waals surface area contributed by atoms with Gasteiger partial charge in [0, 0.05) is 4.92 Å². The van der Waals surface area contributed by atoms with E-state index in [1.165, 1.54) is 0 Å². The van der Waals surface area contributed by atoms with Gasteiger partial charge in [-0.3, -0.25) is 19.7 Å². The van der Waals surface area contributed by atoms with Gasteiger partial charge in [0.25, 0.3) is 0 Å². The second-order valence-corrected chi connectivity index (χ2v) is 9.26. The number of carbonyl (C=O) groups excluding carboxylic acids is 2. The molecule has 1 fully saturated rings. The van der Waals surface area contributed by atoms with Gasteiger partial charge in [-0.15, -0.1) is 0 Å². The second-order valence-electron chi connectivity index (χ2n) is 9.26. The first-order chi connectivity index (χ1) is 19.4. The topological polar surface area (TPSA) is 117 Å². The van der Waals surface area contributed by atoms with Crippen molar-refractivity contribution in [2.75, 3.05) is 7.11 Å². The monoisotopic (exact) mass is 538 g/mol. The van der Waals surface area contributed by atoms with Crippen molar-refractivity contribution in [3.8, 4) is 23.0 Å². The van der Waals surface area contributed by atoms with Crippen LogP contribution in [-0.2, 0) is 14.3 Å². The summed E-state index contributed by atoms with van der Waals surface area (Å²) < 4.78 is 16.8. The molecule has 1 saturated heterocycles. The molecule has 1 amide bonds. The van der Waals surface area contributed by atoms with E-state index < -0.39 is 40.7 Å². The molecule has 0 radical (unpaired) electrons. The number of nitrogens with zero attached hydrogens (tertiary/aromatic N) is 1. The van der Waals surface area contributed by atoms with E-state index in [0.717, 1.165) is 7.11 Å². The summed E-state index contributed by atoms with van der Waals surface area (Å²) in [5.41, 5.74) is 0.871. The zero-order valence-electron chi connectivity index (χ0n) is 21.5. The van der Waals surface area contributed by atoms with Crippen molar-refractivity contribution >= 4 is 11.9 Å². The van der Waals surface area contributed by atoms with Gasteiger partial charge in [0.1, 0.15) is 35.0 Å². The molecular weight excluding hydrogens is 512 g/mol. The summed E-state index contributed by atoms with van der Waals surface area (Å²) in [7, 11) is 1.15. The number of esters is 1. The number of amides is 1. The highest BCUT2D eigenvalue weighted by atomic mass is 16.6. The van der Waals surface area contributed by atoms with Gasteiger partial charge in [-0.2, -0.15) is 0 Å². The highest BCUT2D eigenvalue weighted by molar-refractivity contribution is 6.00. The zero-order valence-corrected chi connectivity index (χ0v) is 21.5. The molecule has 1 aliphatic heterocycles. The van der Waals surface area contributed by atoms with E-state index in [9.17, 15) is 19.7 Å². The molecule has 202 valence electrons. The van der Waals surface area contributed by atoms with Crippen molar-refractivity contribution in [3.63, 3.8) is 0 Å². The third-order valence-corrected chi connectivity index (χ3v) is 6.77. The fourth-order valence-electron chi connectivity index (χ4n) is 5.01. The number of carbonyl (C=O) groups is 2. The predicted molar refractivity (Wildman–Crippen MR) is 146 cm³/mol. The lowest BCUT2D eigenvalue weighted by Gasteiger charge is -2.37. The first-order valence-electron chi connectivity index (χ1n) is 12.6. The lowest BCUT2D eigenvalue weighted by molar-refractivity contribution is -0.534. The number of nitro groups is 1. The highest BCUT2D eigenvalue weighted by Gasteiger charge is 2.55. The fourth-order valence-corrected chi connectivity index (χ4v) is 5.01. The number of nitrogens with one attached hydrogen (secondary N) is 1. The summed E-state index contributed by atoms with van der Waals surface area (Å²) in [4.78, 5) is 38.5. The van der Waals surface area contributed by atoms with Gasteiger partial charge in [0.05, 0.1) is 13.0 Å². The van der Waals surface area contributed by atoms with Gasteiger partial charge in [0.15, 0.2) is 0 Å². The zero-order chi connectivity index (χ0) is 28.1. The Hall–Kier alpha value is -5.18. The van der Waals surface area contributed by atoms with Gasteiger partial charge in [0.2, 0.25) is 11.9 Å². The summed E-state index contributed by atoms with van der Waals surface area (Å²) in [5, 5.41) is 15.4. The molecule has 5 rings (SSSR count). The van der Waals surface area contributed by atoms with Crippen molar-refractivity contribution in [3.05, 3.63) is 130 Å². The molecule has 0 aromatic heterocycles. The predicted octanol–water partition coefficient (Wildman–Crippen LogP) is 5.66. The minimum Gasteiger partial charge on any atom is -0.468 e. The normalized spacial score (nSPS) is 20.2. The Labute approximate surface area is 230 Å². The summed E-state index contributed by atoms with van der Waals surface area (Å²) in [6, 6.07) is 29.1. The fraction of sp³-hybridized carbons (Fsp3) is 0.161. The highest BCUT2D eigenvalue weighted by Crippen LogP contribution is 2.42. The SMILES string of the molecule is COC(=O)C1C(=O)NC(c2cccc(Oc3ccccc3)c2)C([N+](=O)[O-])C1c1cccc(Oc2ccccc2)c1. The van der Waals surface area contributed by atoms with Gasteiger partial charge in [-0.05, 0) is 59.7 Å². The maximum Gasteiger partial charge on any atom is 0.319 e. The summed E-state index contributed by atoms with van der Waals surface area (Å²) in [5.74, 6) is -2.07. The Morgan fingerprint density at radius 1 is 0.750 bits per heavy atom. The summed E-state index contributed by atoms with van der Waals surface area (Å²) >= 11 is 0. The minimum atomic E-state index is -1.44. The standard InChI is InChI=1S/C31H26N2O7/c1-38-31(35)27-26(20-10-8-16-24(18-20)39-22-12-4-2-5-13-22)29(33(36)37)28(32-30(27)34)21-11-9-17-25(19-21)40-23-14-6-3-7-15-23/h2-19,26-29H,1H3,(H,32,34). The maximum atomic E-state index is 13.4. The van der Waals surface area contributed by atoms with E-state index in [1.807, 2.05) is 36.4 Å². The van der Waals surface area contributed by atoms with Gasteiger partial charge < -0.3 is 19.5 Å². The molecular formula is C31H26N2O7. The first-order valence-corrected chi connectivity index (χ1v) is 12.6. The van der Waals surface area contributed by atoms with Gasteiger partial charge in [-0.1, -0.05) is 60.7 Å². The van der Waals surface area contributed by atoms with Crippen LogP contribution in [-0.4, -0.2) is 30.0 Å². The Kier molecular flexibility index (Phi) is 7.72. The summed E-state index contributed by atoms with van der Waals surface area (Å²) in [6.45, 7) is 0. The van der Waals surface area contributed by atoms with Crippen molar-refractivity contribution in [1.29, 1.82) is 0 Å². The number of methoxy groups -OCH3 is 1. The van der Waals surface area contributed by atoms with Crippen molar-refractivity contribution < 1.29 is 28.7 Å². The first kappa shape index (κ1) is 26.4. The lowest BCUT2D eigenvalue weighted by Crippen LogP contribution is -2.56. The molecule has 1 N–H and O–H groups in total. The molecule has 0 spiro atoms. The van der Waals surface area contributed by atoms with Crippen LogP contribution >= 0.6 is 0 Å². The average molecular weight is 539 g/mol. The number of piperidine rings is 1. The molecule has 4 atom stereocenters. The number of ether oxygens (including phenoxy) is 3. The Morgan fingerprint density at radius 2 is 1.25 bits per heavy atom. The molecule has 4 aromatic rings. The molecule has 1 heterocycles. The third kappa shape index (κ3) is 5.63. The van der Waals surface area contributed by atoms with E-state index in [4.69, 9.17) is 14.2 Å². The van der Waals surface area contributed by atoms with Crippen LogP contribution in [0, 0.1) is 16.0 Å². The molecule has 40 heavy (non-hydrogen) atoms. The van der Waals surface area contributed by atoms with Crippen molar-refractivity contribution in [2.45, 2.75) is 18.0 Å². The summed E-state index contributed by atoms with van der Waals surface area (Å²) in [6.07, 6.45) is 0. The van der Waals surface area contributed by atoms with Gasteiger partial charge >= 0.3 is 5.97 Å². The molecule has 0 aliphatic carbocycles. The average Bonchev–Trinajstić information content (AvgIpc) is 2.97. The van der Waals surface area contributed by atoms with E-state index >= 15 is 0 Å². The van der Waals surface area contributed by atoms with E-state index in [1.54, 1.807) is 72.8 Å². The Bertz CT molecular complexity index is 1510. The third-order valence-electron chi connectivity index (χ3n) is 6.77. The van der Waals surface area contributed by atoms with E-state index in [-0.39, 0.29) is 0 Å². The molecule has 4 aromatic carbocycles. The number of hydrogen-bond donors (Lipinski definition) is 1. The smallest absolute Gasteiger partial charge is 0.319 e. The van der Waals surface area contributed by atoms with Crippen LogP contribution in [0.25, 0.3) is 0 Å². The molecule has 0 saturated carbocycles. The van der Waals surface area contributed by atoms with Crippen molar-refractivity contribution in [1.82, 2.24) is 5.32 Å². The van der Waals surface area contributed by atoms with Crippen LogP contribution < -0.4 is 14.8 Å². The minimum absolute atomic E-state index is 0.405. The molecule has 9 nitrogen and oxygen atoms in total. The lowest BCUT2D eigenvalue weighted by atomic mass is 9.73. The van der Waals surface area contributed by atoms with E-state index in [2.05, 4.69) is 5.32 Å². The quantitative estimate of drug-likeness (QED) is 0.133. The molecule has 1 aliphatic rings. The van der Waals surface area contributed by atoms with Gasteiger partial charge in [-0.25, -0.2) is 0 Å². The van der Waals surface area contributed by atoms with Crippen LogP contribution in [0.2, 0.25) is 0 Å². The molecule has 0 bridgehead atoms. The van der Waals surface area contributed by atoms with Crippen LogP contribution in [0.5, 0.6) is 23.0 Å². The number of benzene rings is 4. The molecule has 4 unspecified atom stereocenters. The Balaban J connectivity index is 1.54. The molecule has 9 heteroatoms.